The number of hydrogen-bond donors (Lipinski definition) is 2. The van der Waals surface area contributed by atoms with Crippen LogP contribution in [-0.4, -0.2) is 61.5 Å². The molecule has 0 aromatic heterocycles. The third kappa shape index (κ3) is 4.40. The van der Waals surface area contributed by atoms with E-state index in [9.17, 15) is 34.1 Å². The Kier molecular flexibility index (Phi) is 5.90. The van der Waals surface area contributed by atoms with Gasteiger partial charge in [0.25, 0.3) is 11.6 Å². The zero-order valence-electron chi connectivity index (χ0n) is 15.0. The van der Waals surface area contributed by atoms with Crippen molar-refractivity contribution in [1.29, 1.82) is 0 Å². The van der Waals surface area contributed by atoms with Crippen LogP contribution in [-0.2, 0) is 18.9 Å². The van der Waals surface area contributed by atoms with Gasteiger partial charge in [-0.2, -0.15) is 0 Å². The Labute approximate surface area is 168 Å². The van der Waals surface area contributed by atoms with E-state index in [1.165, 1.54) is 49.2 Å². The van der Waals surface area contributed by atoms with Gasteiger partial charge in [0.1, 0.15) is 17.4 Å². The summed E-state index contributed by atoms with van der Waals surface area (Å²) in [5.74, 6) is -1.01. The molecule has 29 heavy (non-hydrogen) atoms. The fourth-order valence-electron chi connectivity index (χ4n) is 2.89. The van der Waals surface area contributed by atoms with E-state index < -0.39 is 41.2 Å². The van der Waals surface area contributed by atoms with Gasteiger partial charge in [0.15, 0.2) is 6.04 Å². The second-order valence-electron chi connectivity index (χ2n) is 6.23. The standard InChI is InChI=1S/C16H16N3O8PS/c1-9(20)27-7-11-8-29-16-13(14(21)18(16)15(11)28(24,25)26)17-6-10-2-4-12(5-3-10)19(22)23/h2-6,13,16H,7-8H2,1H3,(H2,24,25,26)/b17-6+/t13-,16+/m0/s1. The molecule has 1 aromatic rings. The largest absolute Gasteiger partial charge is 0.461 e. The molecule has 0 radical (unpaired) electrons. The first-order chi connectivity index (χ1) is 13.6. The average Bonchev–Trinajstić information content (AvgIpc) is 2.65. The number of amides is 1. The smallest absolute Gasteiger partial charge is 0.372 e. The minimum atomic E-state index is -4.79. The molecular weight excluding hydrogens is 425 g/mol. The molecule has 0 bridgehead atoms. The predicted octanol–water partition coefficient (Wildman–Crippen LogP) is 1.25. The van der Waals surface area contributed by atoms with Crippen molar-refractivity contribution in [3.63, 3.8) is 0 Å². The molecule has 0 spiro atoms. The maximum atomic E-state index is 12.5. The lowest BCUT2D eigenvalue weighted by Gasteiger charge is -2.48. The molecule has 11 nitrogen and oxygen atoms in total. The topological polar surface area (TPSA) is 160 Å². The number of benzene rings is 1. The van der Waals surface area contributed by atoms with Gasteiger partial charge in [0.2, 0.25) is 0 Å². The summed E-state index contributed by atoms with van der Waals surface area (Å²) in [5.41, 5.74) is 0.215. The molecule has 2 atom stereocenters. The van der Waals surface area contributed by atoms with Crippen LogP contribution in [0.3, 0.4) is 0 Å². The van der Waals surface area contributed by atoms with Gasteiger partial charge in [0.05, 0.1) is 4.92 Å². The number of nitro groups is 1. The summed E-state index contributed by atoms with van der Waals surface area (Å²) in [5, 5.41) is 10.1. The lowest BCUT2D eigenvalue weighted by atomic mass is 10.1. The van der Waals surface area contributed by atoms with Crippen LogP contribution in [0.1, 0.15) is 12.5 Å². The van der Waals surface area contributed by atoms with Crippen molar-refractivity contribution in [2.45, 2.75) is 18.3 Å². The van der Waals surface area contributed by atoms with Crippen LogP contribution in [0.5, 0.6) is 0 Å². The van der Waals surface area contributed by atoms with E-state index >= 15 is 0 Å². The lowest BCUT2D eigenvalue weighted by Crippen LogP contribution is -2.63. The number of fused-ring (bicyclic) bond motifs is 1. The number of rotatable bonds is 6. The lowest BCUT2D eigenvalue weighted by molar-refractivity contribution is -0.384. The van der Waals surface area contributed by atoms with Crippen LogP contribution in [0.4, 0.5) is 5.69 Å². The first kappa shape index (κ1) is 21.2. The zero-order valence-corrected chi connectivity index (χ0v) is 16.7. The molecule has 1 aromatic carbocycles. The molecule has 0 saturated carbocycles. The Morgan fingerprint density at radius 1 is 1.45 bits per heavy atom. The van der Waals surface area contributed by atoms with Gasteiger partial charge < -0.3 is 14.5 Å². The Morgan fingerprint density at radius 3 is 2.66 bits per heavy atom. The number of non-ortho nitro benzene ring substituents is 1. The van der Waals surface area contributed by atoms with Gasteiger partial charge in [-0.1, -0.05) is 0 Å². The van der Waals surface area contributed by atoms with Crippen molar-refractivity contribution >= 4 is 43.1 Å². The van der Waals surface area contributed by atoms with E-state index in [4.69, 9.17) is 4.74 Å². The third-order valence-electron chi connectivity index (χ3n) is 4.20. The van der Waals surface area contributed by atoms with Crippen molar-refractivity contribution < 1.29 is 33.6 Å². The molecule has 0 unspecified atom stereocenters. The maximum absolute atomic E-state index is 12.5. The van der Waals surface area contributed by atoms with E-state index in [1.807, 2.05) is 0 Å². The van der Waals surface area contributed by atoms with Crippen LogP contribution >= 0.6 is 19.4 Å². The second-order valence-corrected chi connectivity index (χ2v) is 8.85. The van der Waals surface area contributed by atoms with Gasteiger partial charge in [-0.3, -0.25) is 34.2 Å². The highest BCUT2D eigenvalue weighted by Crippen LogP contribution is 2.56. The molecule has 0 aliphatic carbocycles. The molecule has 1 saturated heterocycles. The van der Waals surface area contributed by atoms with Crippen molar-refractivity contribution in [2.24, 2.45) is 4.99 Å². The fourth-order valence-corrected chi connectivity index (χ4v) is 5.45. The number of hydrogen-bond acceptors (Lipinski definition) is 8. The number of nitro benzene ring substituents is 1. The molecule has 1 amide bonds. The number of esters is 1. The Balaban J connectivity index is 1.79. The summed E-state index contributed by atoms with van der Waals surface area (Å²) in [6.07, 6.45) is 1.39. The maximum Gasteiger partial charge on any atom is 0.372 e. The van der Waals surface area contributed by atoms with Gasteiger partial charge in [0, 0.05) is 36.6 Å². The number of β-lactam (4-membered cyclic amide) rings is 1. The van der Waals surface area contributed by atoms with Gasteiger partial charge in [-0.15, -0.1) is 11.8 Å². The van der Waals surface area contributed by atoms with Crippen molar-refractivity contribution in [3.05, 3.63) is 51.0 Å². The number of aliphatic imine (C=N–C) groups is 1. The Morgan fingerprint density at radius 2 is 2.10 bits per heavy atom. The highest BCUT2D eigenvalue weighted by Gasteiger charge is 2.55. The van der Waals surface area contributed by atoms with E-state index in [0.717, 1.165) is 4.90 Å². The fraction of sp³-hybridized carbons (Fsp3) is 0.312. The molecule has 2 heterocycles. The summed E-state index contributed by atoms with van der Waals surface area (Å²) >= 11 is 1.26. The number of carbonyl (C=O) groups excluding carboxylic acids is 2. The minimum absolute atomic E-state index is 0.0763. The highest BCUT2D eigenvalue weighted by atomic mass is 32.2. The summed E-state index contributed by atoms with van der Waals surface area (Å²) in [4.78, 5) is 58.3. The first-order valence-corrected chi connectivity index (χ1v) is 10.9. The van der Waals surface area contributed by atoms with E-state index in [2.05, 4.69) is 4.99 Å². The first-order valence-electron chi connectivity index (χ1n) is 8.23. The monoisotopic (exact) mass is 441 g/mol. The molecule has 154 valence electrons. The third-order valence-corrected chi connectivity index (χ3v) is 6.61. The number of carbonyl (C=O) groups is 2. The number of nitrogens with zero attached hydrogens (tertiary/aromatic N) is 3. The molecule has 2 N–H and O–H groups in total. The van der Waals surface area contributed by atoms with Crippen LogP contribution < -0.4 is 0 Å². The van der Waals surface area contributed by atoms with Crippen LogP contribution in [0.2, 0.25) is 0 Å². The summed E-state index contributed by atoms with van der Waals surface area (Å²) < 4.78 is 16.8. The minimum Gasteiger partial charge on any atom is -0.461 e. The Bertz CT molecular complexity index is 971. The molecular formula is C16H16N3O8PS. The molecule has 1 fully saturated rings. The van der Waals surface area contributed by atoms with E-state index in [-0.39, 0.29) is 23.6 Å². The van der Waals surface area contributed by atoms with Crippen molar-refractivity contribution in [3.8, 4) is 0 Å². The van der Waals surface area contributed by atoms with Gasteiger partial charge >= 0.3 is 13.6 Å². The Hall–Kier alpha value is -2.53. The number of thioether (sulfide) groups is 1. The van der Waals surface area contributed by atoms with Crippen LogP contribution in [0.25, 0.3) is 0 Å². The highest BCUT2D eigenvalue weighted by molar-refractivity contribution is 8.00. The van der Waals surface area contributed by atoms with Crippen LogP contribution in [0, 0.1) is 10.1 Å². The SMILES string of the molecule is CC(=O)OCC1=C(P(=O)(O)O)N2C(=O)[C@H](/N=C/c3ccc([N+](=O)[O-])cc3)[C@H]2SC1. The summed E-state index contributed by atoms with van der Waals surface area (Å²) in [6, 6.07) is 4.74. The quantitative estimate of drug-likeness (QED) is 0.165. The molecule has 2 aliphatic heterocycles. The molecule has 13 heteroatoms. The summed E-state index contributed by atoms with van der Waals surface area (Å²) in [7, 11) is -4.79. The number of ether oxygens (including phenoxy) is 1. The van der Waals surface area contributed by atoms with Gasteiger partial charge in [-0.05, 0) is 17.7 Å². The van der Waals surface area contributed by atoms with E-state index in [0.29, 0.717) is 5.56 Å². The average molecular weight is 441 g/mol. The van der Waals surface area contributed by atoms with Crippen molar-refractivity contribution in [2.75, 3.05) is 12.4 Å². The molecule has 2 aliphatic rings. The summed E-state index contributed by atoms with van der Waals surface area (Å²) in [6.45, 7) is 0.865. The second kappa shape index (κ2) is 8.07. The zero-order chi connectivity index (χ0) is 21.3. The molecule has 3 rings (SSSR count). The van der Waals surface area contributed by atoms with Gasteiger partial charge in [-0.25, -0.2) is 0 Å². The van der Waals surface area contributed by atoms with Crippen molar-refractivity contribution in [1.82, 2.24) is 4.90 Å². The predicted molar refractivity (Wildman–Crippen MR) is 103 cm³/mol. The van der Waals surface area contributed by atoms with E-state index in [1.54, 1.807) is 0 Å². The normalized spacial score (nSPS) is 21.8. The van der Waals surface area contributed by atoms with Crippen LogP contribution in [0.15, 0.2) is 40.3 Å².